The first kappa shape index (κ1) is 21.0. The Bertz CT molecular complexity index is 1110. The molecule has 1 aromatic carbocycles. The number of alkyl halides is 3. The van der Waals surface area contributed by atoms with Gasteiger partial charge in [-0.3, -0.25) is 4.79 Å². The maximum Gasteiger partial charge on any atom is 0.432 e. The number of rotatable bonds is 5. The predicted molar refractivity (Wildman–Crippen MR) is 102 cm³/mol. The van der Waals surface area contributed by atoms with Crippen LogP contribution in [0.3, 0.4) is 0 Å². The van der Waals surface area contributed by atoms with Crippen LogP contribution in [0.2, 0.25) is 0 Å². The van der Waals surface area contributed by atoms with Crippen molar-refractivity contribution in [1.29, 1.82) is 0 Å². The number of aryl methyl sites for hydroxylation is 1. The predicted octanol–water partition coefficient (Wildman–Crippen LogP) is 4.28. The molecule has 2 heterocycles. The molecule has 3 rings (SSSR count). The fourth-order valence-corrected chi connectivity index (χ4v) is 3.61. The van der Waals surface area contributed by atoms with E-state index in [-0.39, 0.29) is 33.9 Å². The van der Waals surface area contributed by atoms with Crippen LogP contribution < -0.4 is 5.56 Å². The van der Waals surface area contributed by atoms with Gasteiger partial charge in [0.1, 0.15) is 5.01 Å². The largest absolute Gasteiger partial charge is 0.440 e. The zero-order valence-electron chi connectivity index (χ0n) is 15.9. The van der Waals surface area contributed by atoms with Gasteiger partial charge in [-0.2, -0.15) is 18.3 Å². The van der Waals surface area contributed by atoms with Crippen molar-refractivity contribution in [1.82, 2.24) is 14.8 Å². The second-order valence-electron chi connectivity index (χ2n) is 6.93. The van der Waals surface area contributed by atoms with E-state index >= 15 is 0 Å². The molecule has 1 unspecified atom stereocenters. The summed E-state index contributed by atoms with van der Waals surface area (Å²) in [6, 6.07) is 6.13. The minimum atomic E-state index is -4.85. The number of carbonyl (C=O) groups is 1. The Morgan fingerprint density at radius 1 is 1.24 bits per heavy atom. The Labute approximate surface area is 168 Å². The summed E-state index contributed by atoms with van der Waals surface area (Å²) in [5, 5.41) is 5.41. The normalized spacial score (nSPS) is 13.1. The molecule has 3 aromatic rings. The number of fused-ring (bicyclic) bond motifs is 1. The molecule has 0 amide bonds. The van der Waals surface area contributed by atoms with Gasteiger partial charge in [-0.05, 0) is 18.9 Å². The number of ether oxygens (including phenoxy) is 1. The number of hydrogen-bond acceptors (Lipinski definition) is 6. The molecule has 0 radical (unpaired) electrons. The number of benzene rings is 1. The topological polar surface area (TPSA) is 74.1 Å². The molecule has 6 nitrogen and oxygen atoms in total. The highest BCUT2D eigenvalue weighted by molar-refractivity contribution is 7.09. The van der Waals surface area contributed by atoms with E-state index in [9.17, 15) is 22.8 Å². The number of esters is 1. The van der Waals surface area contributed by atoms with Crippen LogP contribution in [-0.2, 0) is 11.3 Å². The van der Waals surface area contributed by atoms with Crippen molar-refractivity contribution in [3.63, 3.8) is 0 Å². The Balaban J connectivity index is 2.08. The van der Waals surface area contributed by atoms with E-state index in [0.717, 1.165) is 16.0 Å². The van der Waals surface area contributed by atoms with Crippen LogP contribution in [0.1, 0.15) is 41.1 Å². The molecule has 10 heteroatoms. The number of halogens is 3. The molecular weight excluding hydrogens is 407 g/mol. The minimum absolute atomic E-state index is 0.0338. The zero-order valence-corrected chi connectivity index (χ0v) is 16.7. The quantitative estimate of drug-likeness (QED) is 0.571. The summed E-state index contributed by atoms with van der Waals surface area (Å²) in [7, 11) is 0. The minimum Gasteiger partial charge on any atom is -0.440 e. The van der Waals surface area contributed by atoms with Crippen molar-refractivity contribution in [2.24, 2.45) is 5.92 Å². The van der Waals surface area contributed by atoms with Crippen molar-refractivity contribution in [3.8, 4) is 0 Å². The summed E-state index contributed by atoms with van der Waals surface area (Å²) >= 11 is 0.755. The van der Waals surface area contributed by atoms with Crippen molar-refractivity contribution in [2.75, 3.05) is 0 Å². The van der Waals surface area contributed by atoms with Gasteiger partial charge in [-0.15, -0.1) is 11.3 Å². The highest BCUT2D eigenvalue weighted by Crippen LogP contribution is 2.38. The van der Waals surface area contributed by atoms with Gasteiger partial charge in [-0.1, -0.05) is 32.0 Å². The maximum absolute atomic E-state index is 13.5. The van der Waals surface area contributed by atoms with Crippen molar-refractivity contribution >= 4 is 28.1 Å². The van der Waals surface area contributed by atoms with Gasteiger partial charge in [0.2, 0.25) is 6.10 Å². The summed E-state index contributed by atoms with van der Waals surface area (Å²) in [5.74, 6) is -1.24. The Kier molecular flexibility index (Phi) is 5.74. The summed E-state index contributed by atoms with van der Waals surface area (Å²) in [6.45, 7) is 5.46. The van der Waals surface area contributed by atoms with Crippen LogP contribution in [0.4, 0.5) is 13.2 Å². The number of carbonyl (C=O) groups excluding carboxylic acids is 1. The lowest BCUT2D eigenvalue weighted by Gasteiger charge is -2.19. The Morgan fingerprint density at radius 2 is 1.90 bits per heavy atom. The summed E-state index contributed by atoms with van der Waals surface area (Å²) < 4.78 is 46.5. The summed E-state index contributed by atoms with van der Waals surface area (Å²) in [5.41, 5.74) is -0.374. The third-order valence-corrected chi connectivity index (χ3v) is 4.99. The lowest BCUT2D eigenvalue weighted by Crippen LogP contribution is -2.30. The Morgan fingerprint density at radius 3 is 2.45 bits per heavy atom. The average molecular weight is 425 g/mol. The average Bonchev–Trinajstić information content (AvgIpc) is 3.06. The van der Waals surface area contributed by atoms with Gasteiger partial charge in [0.15, 0.2) is 5.69 Å². The van der Waals surface area contributed by atoms with E-state index in [1.165, 1.54) is 17.5 Å². The van der Waals surface area contributed by atoms with Gasteiger partial charge in [-0.25, -0.2) is 14.5 Å². The third kappa shape index (κ3) is 4.47. The molecule has 0 bridgehead atoms. The summed E-state index contributed by atoms with van der Waals surface area (Å²) in [4.78, 5) is 29.1. The molecule has 0 aliphatic carbocycles. The first-order valence-electron chi connectivity index (χ1n) is 8.77. The molecule has 0 saturated heterocycles. The molecule has 2 aromatic heterocycles. The molecule has 0 N–H and O–H groups in total. The van der Waals surface area contributed by atoms with Gasteiger partial charge in [0, 0.05) is 23.0 Å². The number of thiazole rings is 1. The lowest BCUT2D eigenvalue weighted by atomic mass is 10.1. The molecule has 0 aliphatic rings. The molecule has 0 saturated carbocycles. The fourth-order valence-electron chi connectivity index (χ4n) is 2.77. The molecule has 0 spiro atoms. The van der Waals surface area contributed by atoms with Crippen LogP contribution in [0.15, 0.2) is 34.4 Å². The third-order valence-electron chi connectivity index (χ3n) is 3.98. The first-order chi connectivity index (χ1) is 13.6. The van der Waals surface area contributed by atoms with Crippen LogP contribution >= 0.6 is 11.3 Å². The van der Waals surface area contributed by atoms with Crippen LogP contribution in [0.25, 0.3) is 10.8 Å². The number of aromatic nitrogens is 3. The van der Waals surface area contributed by atoms with Crippen molar-refractivity contribution in [2.45, 2.75) is 39.6 Å². The fraction of sp³-hybridized carbons (Fsp3) is 0.368. The highest BCUT2D eigenvalue weighted by Gasteiger charge is 2.46. The van der Waals surface area contributed by atoms with Gasteiger partial charge >= 0.3 is 12.1 Å². The second-order valence-corrected chi connectivity index (χ2v) is 7.82. The first-order valence-corrected chi connectivity index (χ1v) is 9.65. The second kappa shape index (κ2) is 7.94. The van der Waals surface area contributed by atoms with E-state index in [4.69, 9.17) is 4.74 Å². The van der Waals surface area contributed by atoms with E-state index in [1.54, 1.807) is 19.1 Å². The number of hydrogen-bond donors (Lipinski definition) is 0. The standard InChI is InChI=1S/C19H18F3N3O3S/c1-10(2)8-25-17(26)13-7-5-4-6-12(13)14(24-25)18(27)28-15(19(20,21)22)16-23-11(3)9-29-16/h4-7,9-10,15H,8H2,1-3H3. The monoisotopic (exact) mass is 425 g/mol. The molecule has 0 fully saturated rings. The SMILES string of the molecule is Cc1csc(C(OC(=O)c2nn(CC(C)C)c(=O)c3ccccc23)C(F)(F)F)n1. The zero-order chi connectivity index (χ0) is 21.3. The van der Waals surface area contributed by atoms with E-state index in [1.807, 2.05) is 13.8 Å². The molecule has 1 atom stereocenters. The van der Waals surface area contributed by atoms with Crippen molar-refractivity contribution < 1.29 is 22.7 Å². The van der Waals surface area contributed by atoms with Crippen LogP contribution in [0, 0.1) is 12.8 Å². The maximum atomic E-state index is 13.5. The van der Waals surface area contributed by atoms with E-state index < -0.39 is 23.8 Å². The smallest absolute Gasteiger partial charge is 0.432 e. The van der Waals surface area contributed by atoms with E-state index in [2.05, 4.69) is 10.1 Å². The Hall–Kier alpha value is -2.75. The molecule has 0 aliphatic heterocycles. The van der Waals surface area contributed by atoms with Gasteiger partial charge in [0.25, 0.3) is 5.56 Å². The molecule has 154 valence electrons. The van der Waals surface area contributed by atoms with Crippen LogP contribution in [-0.4, -0.2) is 26.9 Å². The van der Waals surface area contributed by atoms with Crippen LogP contribution in [0.5, 0.6) is 0 Å². The van der Waals surface area contributed by atoms with Gasteiger partial charge < -0.3 is 4.74 Å². The lowest BCUT2D eigenvalue weighted by molar-refractivity contribution is -0.207. The number of nitrogens with zero attached hydrogens (tertiary/aromatic N) is 3. The summed E-state index contributed by atoms with van der Waals surface area (Å²) in [6.07, 6.45) is -7.36. The molecule has 29 heavy (non-hydrogen) atoms. The van der Waals surface area contributed by atoms with Gasteiger partial charge in [0.05, 0.1) is 5.39 Å². The molecular formula is C19H18F3N3O3S. The van der Waals surface area contributed by atoms with Crippen molar-refractivity contribution in [3.05, 3.63) is 56.4 Å². The van der Waals surface area contributed by atoms with E-state index in [0.29, 0.717) is 5.69 Å². The highest BCUT2D eigenvalue weighted by atomic mass is 32.1.